The van der Waals surface area contributed by atoms with Gasteiger partial charge in [0.2, 0.25) is 0 Å². The van der Waals surface area contributed by atoms with Gasteiger partial charge < -0.3 is 15.3 Å². The molecule has 2 unspecified atom stereocenters. The summed E-state index contributed by atoms with van der Waals surface area (Å²) in [6.07, 6.45) is -2.66. The summed E-state index contributed by atoms with van der Waals surface area (Å²) in [6.45, 7) is -0.00228. The minimum atomic E-state index is -1.42. The summed E-state index contributed by atoms with van der Waals surface area (Å²) in [4.78, 5) is 13.6. The van der Waals surface area contributed by atoms with Crippen LogP contribution in [0.5, 0.6) is 0 Å². The summed E-state index contributed by atoms with van der Waals surface area (Å²) in [5.74, 6) is -1.29. The third-order valence-corrected chi connectivity index (χ3v) is 2.85. The Labute approximate surface area is 113 Å². The van der Waals surface area contributed by atoms with E-state index in [1.165, 1.54) is 18.2 Å². The van der Waals surface area contributed by atoms with Crippen molar-refractivity contribution in [1.29, 1.82) is 0 Å². The fourth-order valence-electron chi connectivity index (χ4n) is 1.61. The van der Waals surface area contributed by atoms with Crippen molar-refractivity contribution in [2.24, 2.45) is 5.11 Å². The number of hydrogen-bond acceptors (Lipinski definition) is 4. The van der Waals surface area contributed by atoms with Gasteiger partial charge in [-0.05, 0) is 23.6 Å². The van der Waals surface area contributed by atoms with Gasteiger partial charge in [-0.15, -0.1) is 0 Å². The Kier molecular flexibility index (Phi) is 5.59. The number of rotatable bonds is 6. The van der Waals surface area contributed by atoms with Gasteiger partial charge in [0.15, 0.2) is 0 Å². The number of carboxylic acids is 1. The lowest BCUT2D eigenvalue weighted by molar-refractivity contribution is 0.0141. The summed E-state index contributed by atoms with van der Waals surface area (Å²) in [7, 11) is 0. The van der Waals surface area contributed by atoms with E-state index in [0.717, 1.165) is 0 Å². The smallest absolute Gasteiger partial charge is 0.337 e. The third kappa shape index (κ3) is 3.84. The molecule has 2 atom stereocenters. The Hall–Kier alpha value is -1.79. The molecule has 3 N–H and O–H groups in total. The van der Waals surface area contributed by atoms with E-state index in [4.69, 9.17) is 22.2 Å². The van der Waals surface area contributed by atoms with Gasteiger partial charge >= 0.3 is 5.97 Å². The lowest BCUT2D eigenvalue weighted by Crippen LogP contribution is -2.21. The molecular formula is C11H12ClN3O4. The predicted octanol–water partition coefficient (Wildman–Crippen LogP) is 2.13. The summed E-state index contributed by atoms with van der Waals surface area (Å²) in [6, 6.07) is 4.23. The largest absolute Gasteiger partial charge is 0.478 e. The van der Waals surface area contributed by atoms with E-state index < -0.39 is 18.2 Å². The molecule has 8 heteroatoms. The zero-order valence-corrected chi connectivity index (χ0v) is 10.5. The Bertz CT molecular complexity index is 517. The Morgan fingerprint density at radius 1 is 1.47 bits per heavy atom. The van der Waals surface area contributed by atoms with Crippen molar-refractivity contribution in [1.82, 2.24) is 0 Å². The number of carbonyl (C=O) groups is 1. The highest BCUT2D eigenvalue weighted by Gasteiger charge is 2.24. The molecule has 0 radical (unpaired) electrons. The minimum absolute atomic E-state index is 0.00228. The molecule has 0 saturated heterocycles. The highest BCUT2D eigenvalue weighted by molar-refractivity contribution is 6.33. The van der Waals surface area contributed by atoms with Crippen LogP contribution in [0.4, 0.5) is 0 Å². The molecule has 1 rings (SSSR count). The number of benzene rings is 1. The van der Waals surface area contributed by atoms with Gasteiger partial charge in [0.05, 0.1) is 16.7 Å². The van der Waals surface area contributed by atoms with E-state index in [0.29, 0.717) is 0 Å². The molecule has 0 aliphatic rings. The molecular weight excluding hydrogens is 274 g/mol. The lowest BCUT2D eigenvalue weighted by atomic mass is 9.97. The fraction of sp³-hybridized carbons (Fsp3) is 0.364. The highest BCUT2D eigenvalue weighted by Crippen LogP contribution is 2.28. The first-order chi connectivity index (χ1) is 8.99. The quantitative estimate of drug-likeness (QED) is 0.420. The van der Waals surface area contributed by atoms with Crippen LogP contribution < -0.4 is 0 Å². The molecule has 0 saturated carbocycles. The second-order valence-corrected chi connectivity index (χ2v) is 4.17. The Morgan fingerprint density at radius 3 is 2.74 bits per heavy atom. The number of hydrogen-bond donors (Lipinski definition) is 3. The van der Waals surface area contributed by atoms with Gasteiger partial charge in [-0.25, -0.2) is 4.79 Å². The standard InChI is InChI=1S/C11H12ClN3O4/c12-7-3-1-2-6(9(7)11(18)19)10(17)8(16)4-5-14-15-13/h1-3,8,10,16-17H,4-5H2,(H,18,19). The lowest BCUT2D eigenvalue weighted by Gasteiger charge is -2.19. The van der Waals surface area contributed by atoms with Gasteiger partial charge in [0, 0.05) is 11.5 Å². The second-order valence-electron chi connectivity index (χ2n) is 3.76. The van der Waals surface area contributed by atoms with E-state index >= 15 is 0 Å². The molecule has 1 aromatic rings. The molecule has 19 heavy (non-hydrogen) atoms. The van der Waals surface area contributed by atoms with Crippen LogP contribution >= 0.6 is 11.6 Å². The van der Waals surface area contributed by atoms with Crippen LogP contribution in [0.1, 0.15) is 28.4 Å². The van der Waals surface area contributed by atoms with E-state index in [1.807, 2.05) is 0 Å². The summed E-state index contributed by atoms with van der Waals surface area (Å²) >= 11 is 5.76. The first kappa shape index (κ1) is 15.3. The maximum Gasteiger partial charge on any atom is 0.337 e. The summed E-state index contributed by atoms with van der Waals surface area (Å²) in [5, 5.41) is 31.9. The Morgan fingerprint density at radius 2 is 2.16 bits per heavy atom. The minimum Gasteiger partial charge on any atom is -0.478 e. The molecule has 102 valence electrons. The number of azide groups is 1. The highest BCUT2D eigenvalue weighted by atomic mass is 35.5. The maximum absolute atomic E-state index is 11.1. The topological polar surface area (TPSA) is 127 Å². The van der Waals surface area contributed by atoms with Crippen molar-refractivity contribution >= 4 is 17.6 Å². The van der Waals surface area contributed by atoms with Crippen LogP contribution in [-0.2, 0) is 0 Å². The molecule has 7 nitrogen and oxygen atoms in total. The molecule has 0 aliphatic carbocycles. The summed E-state index contributed by atoms with van der Waals surface area (Å²) in [5.41, 5.74) is 7.88. The zero-order valence-electron chi connectivity index (χ0n) is 9.77. The maximum atomic E-state index is 11.1. The Balaban J connectivity index is 2.98. The first-order valence-electron chi connectivity index (χ1n) is 5.37. The van der Waals surface area contributed by atoms with Crippen LogP contribution in [0.15, 0.2) is 23.3 Å². The number of halogens is 1. The number of aromatic carboxylic acids is 1. The number of nitrogens with zero attached hydrogens (tertiary/aromatic N) is 3. The molecule has 0 aliphatic heterocycles. The van der Waals surface area contributed by atoms with E-state index in [-0.39, 0.29) is 29.1 Å². The molecule has 0 heterocycles. The van der Waals surface area contributed by atoms with Crippen molar-refractivity contribution in [3.63, 3.8) is 0 Å². The van der Waals surface area contributed by atoms with Crippen LogP contribution in [0, 0.1) is 0 Å². The van der Waals surface area contributed by atoms with E-state index in [2.05, 4.69) is 10.0 Å². The van der Waals surface area contributed by atoms with Crippen LogP contribution in [0.25, 0.3) is 10.4 Å². The van der Waals surface area contributed by atoms with Gasteiger partial charge in [0.1, 0.15) is 6.10 Å². The normalized spacial score (nSPS) is 13.4. The van der Waals surface area contributed by atoms with Crippen LogP contribution in [-0.4, -0.2) is 33.9 Å². The predicted molar refractivity (Wildman–Crippen MR) is 68.0 cm³/mol. The van der Waals surface area contributed by atoms with E-state index in [9.17, 15) is 15.0 Å². The van der Waals surface area contributed by atoms with Crippen LogP contribution in [0.2, 0.25) is 5.02 Å². The fourth-order valence-corrected chi connectivity index (χ4v) is 1.88. The molecule has 0 bridgehead atoms. The van der Waals surface area contributed by atoms with Gasteiger partial charge in [-0.3, -0.25) is 0 Å². The molecule has 0 fully saturated rings. The molecule has 1 aromatic carbocycles. The third-order valence-electron chi connectivity index (χ3n) is 2.53. The monoisotopic (exact) mass is 285 g/mol. The average molecular weight is 286 g/mol. The van der Waals surface area contributed by atoms with Gasteiger partial charge in [-0.1, -0.05) is 28.8 Å². The SMILES string of the molecule is [N-]=[N+]=NCCC(O)C(O)c1cccc(Cl)c1C(=O)O. The number of carboxylic acid groups (broad SMARTS) is 1. The zero-order chi connectivity index (χ0) is 14.4. The number of aliphatic hydroxyl groups is 2. The van der Waals surface area contributed by atoms with E-state index in [1.54, 1.807) is 0 Å². The average Bonchev–Trinajstić information content (AvgIpc) is 2.37. The van der Waals surface area contributed by atoms with Crippen LogP contribution in [0.3, 0.4) is 0 Å². The molecule has 0 amide bonds. The number of aliphatic hydroxyl groups excluding tert-OH is 2. The van der Waals surface area contributed by atoms with Gasteiger partial charge in [0.25, 0.3) is 0 Å². The molecule has 0 spiro atoms. The van der Waals surface area contributed by atoms with Gasteiger partial charge in [-0.2, -0.15) is 0 Å². The second kappa shape index (κ2) is 6.96. The van der Waals surface area contributed by atoms with Crippen molar-refractivity contribution in [3.8, 4) is 0 Å². The van der Waals surface area contributed by atoms with Crippen molar-refractivity contribution in [3.05, 3.63) is 44.8 Å². The van der Waals surface area contributed by atoms with Crippen molar-refractivity contribution in [2.75, 3.05) is 6.54 Å². The van der Waals surface area contributed by atoms with Crippen molar-refractivity contribution in [2.45, 2.75) is 18.6 Å². The molecule has 0 aromatic heterocycles. The summed E-state index contributed by atoms with van der Waals surface area (Å²) < 4.78 is 0. The van der Waals surface area contributed by atoms with Crippen molar-refractivity contribution < 1.29 is 20.1 Å². The first-order valence-corrected chi connectivity index (χ1v) is 5.75.